The van der Waals surface area contributed by atoms with Gasteiger partial charge in [-0.3, -0.25) is 0 Å². The van der Waals surface area contributed by atoms with Crippen LogP contribution in [-0.4, -0.2) is 5.11 Å². The summed E-state index contributed by atoms with van der Waals surface area (Å²) in [5.74, 6) is 0. The van der Waals surface area contributed by atoms with Crippen LogP contribution in [0.3, 0.4) is 0 Å². The number of halogens is 6. The maximum atomic E-state index is 12.7. The van der Waals surface area contributed by atoms with Crippen molar-refractivity contribution in [2.24, 2.45) is 0 Å². The van der Waals surface area contributed by atoms with Crippen molar-refractivity contribution in [2.75, 3.05) is 0 Å². The van der Waals surface area contributed by atoms with Crippen LogP contribution in [0.2, 0.25) is 0 Å². The van der Waals surface area contributed by atoms with Gasteiger partial charge in [-0.15, -0.1) is 0 Å². The molecule has 22 heavy (non-hydrogen) atoms. The zero-order chi connectivity index (χ0) is 16.5. The normalized spacial score (nSPS) is 12.5. The Kier molecular flexibility index (Phi) is 4.19. The molecule has 0 aliphatic heterocycles. The van der Waals surface area contributed by atoms with Crippen molar-refractivity contribution in [3.63, 3.8) is 0 Å². The lowest BCUT2D eigenvalue weighted by molar-refractivity contribution is -0.139. The van der Waals surface area contributed by atoms with Crippen LogP contribution < -0.4 is 0 Å². The maximum absolute atomic E-state index is 12.7. The standard InChI is InChI=1S/C15H10F6O/c16-14(17,18)12-4-1-9(2-5-12)10-3-6-13(15(19,20)21)11(7-10)8-22/h1-7,22H,8H2. The van der Waals surface area contributed by atoms with Gasteiger partial charge in [-0.05, 0) is 41.0 Å². The minimum absolute atomic E-state index is 0.297. The van der Waals surface area contributed by atoms with Gasteiger partial charge in [0.15, 0.2) is 0 Å². The summed E-state index contributed by atoms with van der Waals surface area (Å²) in [6.45, 7) is -0.816. The largest absolute Gasteiger partial charge is 0.416 e. The Balaban J connectivity index is 2.42. The molecule has 0 atom stereocenters. The van der Waals surface area contributed by atoms with Crippen molar-refractivity contribution < 1.29 is 31.4 Å². The summed E-state index contributed by atoms with van der Waals surface area (Å²) in [7, 11) is 0. The summed E-state index contributed by atoms with van der Waals surface area (Å²) in [6.07, 6.45) is -9.08. The van der Waals surface area contributed by atoms with Gasteiger partial charge in [0.1, 0.15) is 0 Å². The monoisotopic (exact) mass is 320 g/mol. The number of benzene rings is 2. The predicted molar refractivity (Wildman–Crippen MR) is 67.8 cm³/mol. The van der Waals surface area contributed by atoms with Gasteiger partial charge in [0.2, 0.25) is 0 Å². The van der Waals surface area contributed by atoms with Crippen LogP contribution in [0.4, 0.5) is 26.3 Å². The number of rotatable bonds is 2. The first kappa shape index (κ1) is 16.4. The van der Waals surface area contributed by atoms with E-state index < -0.39 is 30.1 Å². The summed E-state index contributed by atoms with van der Waals surface area (Å²) in [5.41, 5.74) is -1.51. The lowest BCUT2D eigenvalue weighted by Gasteiger charge is -2.13. The van der Waals surface area contributed by atoms with Crippen molar-refractivity contribution in [2.45, 2.75) is 19.0 Å². The average molecular weight is 320 g/mol. The molecule has 0 amide bonds. The Hall–Kier alpha value is -2.02. The van der Waals surface area contributed by atoms with Crippen molar-refractivity contribution in [3.8, 4) is 11.1 Å². The van der Waals surface area contributed by atoms with E-state index in [2.05, 4.69) is 0 Å². The van der Waals surface area contributed by atoms with Crippen LogP contribution in [0.5, 0.6) is 0 Å². The van der Waals surface area contributed by atoms with Gasteiger partial charge >= 0.3 is 12.4 Å². The molecule has 0 saturated carbocycles. The molecule has 0 spiro atoms. The van der Waals surface area contributed by atoms with E-state index >= 15 is 0 Å². The number of aliphatic hydroxyl groups excluding tert-OH is 1. The summed E-state index contributed by atoms with van der Waals surface area (Å²) < 4.78 is 75.6. The van der Waals surface area contributed by atoms with Crippen LogP contribution in [0, 0.1) is 0 Å². The first-order valence-electron chi connectivity index (χ1n) is 6.11. The summed E-state index contributed by atoms with van der Waals surface area (Å²) in [6, 6.07) is 7.13. The van der Waals surface area contributed by atoms with Crippen molar-refractivity contribution >= 4 is 0 Å². The highest BCUT2D eigenvalue weighted by atomic mass is 19.4. The Labute approximate surface area is 121 Å². The molecule has 1 nitrogen and oxygen atoms in total. The maximum Gasteiger partial charge on any atom is 0.416 e. The van der Waals surface area contributed by atoms with Crippen LogP contribution in [0.25, 0.3) is 11.1 Å². The van der Waals surface area contributed by atoms with E-state index in [1.165, 1.54) is 12.1 Å². The SMILES string of the molecule is OCc1cc(-c2ccc(C(F)(F)F)cc2)ccc1C(F)(F)F. The molecule has 0 aliphatic carbocycles. The predicted octanol–water partition coefficient (Wildman–Crippen LogP) is 4.88. The molecule has 0 saturated heterocycles. The molecule has 1 N–H and O–H groups in total. The van der Waals surface area contributed by atoms with E-state index in [-0.39, 0.29) is 5.56 Å². The molecule has 7 heteroatoms. The summed E-state index contributed by atoms with van der Waals surface area (Å²) in [5, 5.41) is 9.06. The Morgan fingerprint density at radius 3 is 1.73 bits per heavy atom. The number of hydrogen-bond acceptors (Lipinski definition) is 1. The van der Waals surface area contributed by atoms with Crippen molar-refractivity contribution in [1.82, 2.24) is 0 Å². The van der Waals surface area contributed by atoms with Crippen LogP contribution >= 0.6 is 0 Å². The van der Waals surface area contributed by atoms with Gasteiger partial charge < -0.3 is 5.11 Å². The molecule has 0 unspecified atom stereocenters. The molecule has 0 radical (unpaired) electrons. The van der Waals surface area contributed by atoms with E-state index in [0.717, 1.165) is 30.3 Å². The van der Waals surface area contributed by atoms with Crippen molar-refractivity contribution in [1.29, 1.82) is 0 Å². The van der Waals surface area contributed by atoms with E-state index in [9.17, 15) is 26.3 Å². The Morgan fingerprint density at radius 2 is 1.27 bits per heavy atom. The first-order valence-corrected chi connectivity index (χ1v) is 6.11. The number of alkyl halides is 6. The van der Waals surface area contributed by atoms with Crippen molar-refractivity contribution in [3.05, 3.63) is 59.2 Å². The Bertz CT molecular complexity index is 655. The van der Waals surface area contributed by atoms with Gasteiger partial charge in [0, 0.05) is 0 Å². The summed E-state index contributed by atoms with van der Waals surface area (Å²) in [4.78, 5) is 0. The molecule has 118 valence electrons. The molecule has 2 rings (SSSR count). The molecule has 0 aliphatic rings. The molecule has 0 aromatic heterocycles. The molecule has 0 heterocycles. The number of hydrogen-bond donors (Lipinski definition) is 1. The second kappa shape index (κ2) is 5.64. The van der Waals surface area contributed by atoms with Gasteiger partial charge in [-0.25, -0.2) is 0 Å². The highest BCUT2D eigenvalue weighted by Crippen LogP contribution is 2.35. The fourth-order valence-electron chi connectivity index (χ4n) is 2.03. The quantitative estimate of drug-likeness (QED) is 0.782. The average Bonchev–Trinajstić information content (AvgIpc) is 2.45. The minimum Gasteiger partial charge on any atom is -0.392 e. The van der Waals surface area contributed by atoms with Crippen LogP contribution in [0.15, 0.2) is 42.5 Å². The van der Waals surface area contributed by atoms with Gasteiger partial charge in [0.25, 0.3) is 0 Å². The molecular weight excluding hydrogens is 310 g/mol. The van der Waals surface area contributed by atoms with Crippen LogP contribution in [0.1, 0.15) is 16.7 Å². The van der Waals surface area contributed by atoms with E-state index in [0.29, 0.717) is 11.1 Å². The highest BCUT2D eigenvalue weighted by Gasteiger charge is 2.33. The first-order chi connectivity index (χ1) is 10.1. The number of aliphatic hydroxyl groups is 1. The molecule has 0 bridgehead atoms. The second-order valence-electron chi connectivity index (χ2n) is 4.60. The van der Waals surface area contributed by atoms with Crippen LogP contribution in [-0.2, 0) is 19.0 Å². The topological polar surface area (TPSA) is 20.2 Å². The van der Waals surface area contributed by atoms with E-state index in [1.54, 1.807) is 0 Å². The Morgan fingerprint density at radius 1 is 0.727 bits per heavy atom. The van der Waals surface area contributed by atoms with E-state index in [4.69, 9.17) is 5.11 Å². The highest BCUT2D eigenvalue weighted by molar-refractivity contribution is 5.65. The lowest BCUT2D eigenvalue weighted by atomic mass is 9.98. The van der Waals surface area contributed by atoms with Gasteiger partial charge in [-0.2, -0.15) is 26.3 Å². The molecule has 0 fully saturated rings. The third kappa shape index (κ3) is 3.41. The minimum atomic E-state index is -4.60. The fourth-order valence-corrected chi connectivity index (χ4v) is 2.03. The van der Waals surface area contributed by atoms with Gasteiger partial charge in [0.05, 0.1) is 17.7 Å². The smallest absolute Gasteiger partial charge is 0.392 e. The fraction of sp³-hybridized carbons (Fsp3) is 0.200. The molecule has 2 aromatic carbocycles. The second-order valence-corrected chi connectivity index (χ2v) is 4.60. The zero-order valence-corrected chi connectivity index (χ0v) is 11.0. The molecular formula is C15H10F6O. The zero-order valence-electron chi connectivity index (χ0n) is 11.0. The summed E-state index contributed by atoms with van der Waals surface area (Å²) >= 11 is 0. The van der Waals surface area contributed by atoms with E-state index in [1.807, 2.05) is 0 Å². The third-order valence-electron chi connectivity index (χ3n) is 3.13. The third-order valence-corrected chi connectivity index (χ3v) is 3.13. The molecule has 2 aromatic rings. The lowest BCUT2D eigenvalue weighted by Crippen LogP contribution is -2.09. The van der Waals surface area contributed by atoms with Gasteiger partial charge in [-0.1, -0.05) is 18.2 Å².